The molecule has 0 radical (unpaired) electrons. The standard InChI is InChI=1S/C13H9ClN4O3/c1-21-13(20)7-4-9(14)12-17-16-11(18(12)6-7)8-5-15-3-2-10(8)19/h2-6H,1H3,(H,15,19). The number of halogens is 1. The molecule has 0 bridgehead atoms. The molecular formula is C13H9ClN4O3. The summed E-state index contributed by atoms with van der Waals surface area (Å²) in [4.78, 5) is 26.4. The number of ether oxygens (including phenoxy) is 1. The first-order valence-electron chi connectivity index (χ1n) is 5.92. The molecule has 0 unspecified atom stereocenters. The third-order valence-electron chi connectivity index (χ3n) is 2.95. The van der Waals surface area contributed by atoms with Gasteiger partial charge in [-0.05, 0) is 6.07 Å². The maximum atomic E-state index is 11.9. The maximum Gasteiger partial charge on any atom is 0.339 e. The Morgan fingerprint density at radius 3 is 2.95 bits per heavy atom. The number of carbonyl (C=O) groups excluding carboxylic acids is 1. The lowest BCUT2D eigenvalue weighted by atomic mass is 10.2. The van der Waals surface area contributed by atoms with Crippen LogP contribution in [0.3, 0.4) is 0 Å². The average molecular weight is 305 g/mol. The number of hydrogen-bond donors (Lipinski definition) is 1. The minimum Gasteiger partial charge on any atom is -0.465 e. The summed E-state index contributed by atoms with van der Waals surface area (Å²) in [6.45, 7) is 0. The van der Waals surface area contributed by atoms with Crippen LogP contribution in [0.25, 0.3) is 17.0 Å². The van der Waals surface area contributed by atoms with E-state index in [1.807, 2.05) is 0 Å². The molecule has 1 N–H and O–H groups in total. The van der Waals surface area contributed by atoms with Crippen LogP contribution in [0.4, 0.5) is 0 Å². The number of aromatic amines is 1. The van der Waals surface area contributed by atoms with Gasteiger partial charge in [0.25, 0.3) is 0 Å². The fourth-order valence-electron chi connectivity index (χ4n) is 1.96. The number of methoxy groups -OCH3 is 1. The van der Waals surface area contributed by atoms with Gasteiger partial charge in [0.15, 0.2) is 16.9 Å². The zero-order chi connectivity index (χ0) is 15.0. The molecular weight excluding hydrogens is 296 g/mol. The summed E-state index contributed by atoms with van der Waals surface area (Å²) < 4.78 is 6.15. The van der Waals surface area contributed by atoms with Gasteiger partial charge < -0.3 is 9.72 Å². The fourth-order valence-corrected chi connectivity index (χ4v) is 2.20. The molecule has 0 saturated carbocycles. The molecule has 0 aliphatic carbocycles. The van der Waals surface area contributed by atoms with Crippen LogP contribution in [0.5, 0.6) is 0 Å². The minimum atomic E-state index is -0.541. The van der Waals surface area contributed by atoms with Crippen molar-refractivity contribution in [1.29, 1.82) is 0 Å². The lowest BCUT2D eigenvalue weighted by Crippen LogP contribution is -2.07. The summed E-state index contributed by atoms with van der Waals surface area (Å²) in [5, 5.41) is 8.15. The van der Waals surface area contributed by atoms with Crippen LogP contribution >= 0.6 is 11.6 Å². The fraction of sp³-hybridized carbons (Fsp3) is 0.0769. The number of nitrogens with zero attached hydrogens (tertiary/aromatic N) is 3. The Morgan fingerprint density at radius 2 is 2.24 bits per heavy atom. The van der Waals surface area contributed by atoms with E-state index < -0.39 is 5.97 Å². The molecule has 0 fully saturated rings. The molecule has 106 valence electrons. The van der Waals surface area contributed by atoms with Gasteiger partial charge in [-0.1, -0.05) is 11.6 Å². The maximum absolute atomic E-state index is 11.9. The summed E-state index contributed by atoms with van der Waals surface area (Å²) in [5.41, 5.74) is 0.691. The van der Waals surface area contributed by atoms with Crippen LogP contribution in [0.1, 0.15) is 10.4 Å². The van der Waals surface area contributed by atoms with Gasteiger partial charge in [-0.25, -0.2) is 4.79 Å². The minimum absolute atomic E-state index is 0.220. The summed E-state index contributed by atoms with van der Waals surface area (Å²) in [6, 6.07) is 2.82. The molecule has 0 atom stereocenters. The Kier molecular flexibility index (Phi) is 3.19. The molecule has 0 amide bonds. The van der Waals surface area contributed by atoms with Crippen LogP contribution in [0.2, 0.25) is 5.02 Å². The lowest BCUT2D eigenvalue weighted by Gasteiger charge is -2.04. The molecule has 7 nitrogen and oxygen atoms in total. The second kappa shape index (κ2) is 5.02. The molecule has 3 heterocycles. The van der Waals surface area contributed by atoms with E-state index in [4.69, 9.17) is 11.6 Å². The lowest BCUT2D eigenvalue weighted by molar-refractivity contribution is 0.0600. The van der Waals surface area contributed by atoms with Crippen LogP contribution in [-0.4, -0.2) is 32.7 Å². The van der Waals surface area contributed by atoms with Gasteiger partial charge in [0.2, 0.25) is 0 Å². The first kappa shape index (κ1) is 13.3. The van der Waals surface area contributed by atoms with Crippen molar-refractivity contribution in [2.24, 2.45) is 0 Å². The third-order valence-corrected chi connectivity index (χ3v) is 3.22. The molecule has 3 aromatic rings. The van der Waals surface area contributed by atoms with E-state index in [1.165, 1.54) is 42.2 Å². The zero-order valence-electron chi connectivity index (χ0n) is 10.8. The van der Waals surface area contributed by atoms with E-state index in [-0.39, 0.29) is 16.0 Å². The Hall–Kier alpha value is -2.67. The van der Waals surface area contributed by atoms with Crippen molar-refractivity contribution in [3.8, 4) is 11.4 Å². The summed E-state index contributed by atoms with van der Waals surface area (Å²) in [5.74, 6) is -0.250. The molecule has 0 saturated heterocycles. The molecule has 0 aromatic carbocycles. The van der Waals surface area contributed by atoms with E-state index in [0.29, 0.717) is 17.0 Å². The quantitative estimate of drug-likeness (QED) is 0.725. The number of nitrogens with one attached hydrogen (secondary N) is 1. The Bertz CT molecular complexity index is 900. The van der Waals surface area contributed by atoms with Crippen LogP contribution in [0, 0.1) is 0 Å². The van der Waals surface area contributed by atoms with E-state index in [9.17, 15) is 9.59 Å². The number of hydrogen-bond acceptors (Lipinski definition) is 5. The number of carbonyl (C=O) groups is 1. The predicted molar refractivity (Wildman–Crippen MR) is 75.4 cm³/mol. The van der Waals surface area contributed by atoms with Gasteiger partial charge in [0, 0.05) is 24.7 Å². The van der Waals surface area contributed by atoms with Crippen molar-refractivity contribution < 1.29 is 9.53 Å². The number of H-pyrrole nitrogens is 1. The van der Waals surface area contributed by atoms with Crippen molar-refractivity contribution >= 4 is 23.2 Å². The summed E-state index contributed by atoms with van der Waals surface area (Å²) >= 11 is 6.09. The van der Waals surface area contributed by atoms with Crippen molar-refractivity contribution in [1.82, 2.24) is 19.6 Å². The smallest absolute Gasteiger partial charge is 0.339 e. The van der Waals surface area contributed by atoms with E-state index in [2.05, 4.69) is 19.9 Å². The zero-order valence-corrected chi connectivity index (χ0v) is 11.6. The molecule has 21 heavy (non-hydrogen) atoms. The Balaban J connectivity index is 2.31. The van der Waals surface area contributed by atoms with Gasteiger partial charge >= 0.3 is 5.97 Å². The first-order valence-corrected chi connectivity index (χ1v) is 6.29. The number of esters is 1. The van der Waals surface area contributed by atoms with E-state index in [0.717, 1.165) is 0 Å². The van der Waals surface area contributed by atoms with Crippen molar-refractivity contribution in [3.05, 3.63) is 51.5 Å². The molecule has 3 rings (SSSR count). The highest BCUT2D eigenvalue weighted by Crippen LogP contribution is 2.22. The number of rotatable bonds is 2. The highest BCUT2D eigenvalue weighted by molar-refractivity contribution is 6.33. The van der Waals surface area contributed by atoms with Crippen LogP contribution in [0.15, 0.2) is 35.5 Å². The van der Waals surface area contributed by atoms with Crippen molar-refractivity contribution in [2.45, 2.75) is 0 Å². The predicted octanol–water partition coefficient (Wildman–Crippen LogP) is 1.52. The van der Waals surface area contributed by atoms with Gasteiger partial charge in [-0.3, -0.25) is 9.20 Å². The molecule has 0 spiro atoms. The Labute approximate surface area is 123 Å². The van der Waals surface area contributed by atoms with Gasteiger partial charge in [0.05, 0.1) is 23.3 Å². The second-order valence-corrected chi connectivity index (χ2v) is 4.61. The number of aromatic nitrogens is 4. The number of fused-ring (bicyclic) bond motifs is 1. The van der Waals surface area contributed by atoms with E-state index >= 15 is 0 Å². The molecule has 0 aliphatic rings. The highest BCUT2D eigenvalue weighted by Gasteiger charge is 2.16. The second-order valence-electron chi connectivity index (χ2n) is 4.21. The van der Waals surface area contributed by atoms with Crippen molar-refractivity contribution in [3.63, 3.8) is 0 Å². The van der Waals surface area contributed by atoms with Crippen LogP contribution in [-0.2, 0) is 4.74 Å². The monoisotopic (exact) mass is 304 g/mol. The largest absolute Gasteiger partial charge is 0.465 e. The summed E-state index contributed by atoms with van der Waals surface area (Å²) in [7, 11) is 1.27. The average Bonchev–Trinajstić information content (AvgIpc) is 2.91. The highest BCUT2D eigenvalue weighted by atomic mass is 35.5. The number of pyridine rings is 2. The van der Waals surface area contributed by atoms with Gasteiger partial charge in [-0.2, -0.15) is 0 Å². The van der Waals surface area contributed by atoms with Crippen molar-refractivity contribution in [2.75, 3.05) is 7.11 Å². The third kappa shape index (κ3) is 2.17. The first-order chi connectivity index (χ1) is 10.1. The van der Waals surface area contributed by atoms with Gasteiger partial charge in [-0.15, -0.1) is 10.2 Å². The van der Waals surface area contributed by atoms with Crippen LogP contribution < -0.4 is 5.43 Å². The van der Waals surface area contributed by atoms with E-state index in [1.54, 1.807) is 0 Å². The topological polar surface area (TPSA) is 89.3 Å². The summed E-state index contributed by atoms with van der Waals surface area (Å²) in [6.07, 6.45) is 4.51. The Morgan fingerprint density at radius 1 is 1.43 bits per heavy atom. The molecule has 0 aliphatic heterocycles. The normalized spacial score (nSPS) is 10.8. The molecule has 3 aromatic heterocycles. The van der Waals surface area contributed by atoms with Gasteiger partial charge in [0.1, 0.15) is 0 Å². The SMILES string of the molecule is COC(=O)c1cc(Cl)c2nnc(-c3c[nH]ccc3=O)n2c1. The molecule has 8 heteroatoms.